The number of hydrogen-bond acceptors (Lipinski definition) is 6. The number of halogens is 1. The van der Waals surface area contributed by atoms with Crippen LogP contribution >= 0.6 is 11.6 Å². The number of aromatic nitrogens is 5. The van der Waals surface area contributed by atoms with Gasteiger partial charge in [0.25, 0.3) is 0 Å². The van der Waals surface area contributed by atoms with E-state index in [2.05, 4.69) is 31.1 Å². The van der Waals surface area contributed by atoms with Crippen LogP contribution in [0.25, 0.3) is 0 Å². The van der Waals surface area contributed by atoms with E-state index in [4.69, 9.17) is 11.6 Å². The summed E-state index contributed by atoms with van der Waals surface area (Å²) in [5.41, 5.74) is 0. The van der Waals surface area contributed by atoms with Gasteiger partial charge < -0.3 is 10.6 Å². The Hall–Kier alpha value is -2.55. The molecule has 0 unspecified atom stereocenters. The summed E-state index contributed by atoms with van der Waals surface area (Å²) in [5.74, 6) is -1.13. The number of hydrogen-bond donors (Lipinski definition) is 2. The minimum Gasteiger partial charge on any atom is -0.345 e. The summed E-state index contributed by atoms with van der Waals surface area (Å²) in [6, 6.07) is 3.32. The molecule has 1 fully saturated rings. The first-order valence-corrected chi connectivity index (χ1v) is 7.95. The normalized spacial score (nSPS) is 20.4. The Morgan fingerprint density at radius 1 is 1.17 bits per heavy atom. The summed E-state index contributed by atoms with van der Waals surface area (Å²) in [5, 5.41) is 16.8. The third-order valence-corrected chi connectivity index (χ3v) is 4.17. The number of nitrogens with zero attached hydrogens (tertiary/aromatic N) is 5. The van der Waals surface area contributed by atoms with Crippen molar-refractivity contribution < 1.29 is 9.59 Å². The highest BCUT2D eigenvalue weighted by molar-refractivity contribution is 6.39. The van der Waals surface area contributed by atoms with Crippen molar-refractivity contribution in [3.63, 3.8) is 0 Å². The Balaban J connectivity index is 1.46. The lowest BCUT2D eigenvalue weighted by Crippen LogP contribution is -2.43. The van der Waals surface area contributed by atoms with Crippen LogP contribution in [-0.2, 0) is 9.59 Å². The SMILES string of the molecule is O=C(Nc1ccc(Cl)cn1)C(=O)NC1CCC(n2cnnn2)CC1. The van der Waals surface area contributed by atoms with Crippen LogP contribution in [0.1, 0.15) is 31.7 Å². The minimum atomic E-state index is -0.743. The monoisotopic (exact) mass is 349 g/mol. The van der Waals surface area contributed by atoms with Crippen molar-refractivity contribution >= 4 is 29.2 Å². The van der Waals surface area contributed by atoms with Gasteiger partial charge in [0.15, 0.2) is 0 Å². The number of tetrazole rings is 1. The Bertz CT molecular complexity index is 696. The third kappa shape index (κ3) is 4.05. The van der Waals surface area contributed by atoms with Crippen molar-refractivity contribution in [3.8, 4) is 0 Å². The molecular formula is C14H16ClN7O2. The molecule has 3 rings (SSSR count). The van der Waals surface area contributed by atoms with Crippen LogP contribution in [0, 0.1) is 0 Å². The number of nitrogens with one attached hydrogen (secondary N) is 2. The molecule has 10 heteroatoms. The summed E-state index contributed by atoms with van der Waals surface area (Å²) in [6.07, 6.45) is 6.21. The van der Waals surface area contributed by atoms with Crippen LogP contribution in [0.4, 0.5) is 5.82 Å². The van der Waals surface area contributed by atoms with Crippen molar-refractivity contribution in [1.82, 2.24) is 30.5 Å². The molecule has 0 radical (unpaired) electrons. The van der Waals surface area contributed by atoms with E-state index in [-0.39, 0.29) is 17.9 Å². The van der Waals surface area contributed by atoms with E-state index in [1.54, 1.807) is 17.1 Å². The first kappa shape index (κ1) is 16.3. The van der Waals surface area contributed by atoms with Crippen LogP contribution in [0.15, 0.2) is 24.7 Å². The molecule has 24 heavy (non-hydrogen) atoms. The van der Waals surface area contributed by atoms with Gasteiger partial charge in [0.05, 0.1) is 11.1 Å². The van der Waals surface area contributed by atoms with Crippen molar-refractivity contribution in [1.29, 1.82) is 0 Å². The quantitative estimate of drug-likeness (QED) is 0.797. The van der Waals surface area contributed by atoms with E-state index >= 15 is 0 Å². The summed E-state index contributed by atoms with van der Waals surface area (Å²) in [4.78, 5) is 27.8. The Kier molecular flexibility index (Phi) is 4.99. The van der Waals surface area contributed by atoms with Gasteiger partial charge in [-0.15, -0.1) is 5.10 Å². The fourth-order valence-corrected chi connectivity index (χ4v) is 2.81. The molecule has 2 heterocycles. The predicted molar refractivity (Wildman–Crippen MR) is 85.1 cm³/mol. The number of amides is 2. The average molecular weight is 350 g/mol. The average Bonchev–Trinajstić information content (AvgIpc) is 3.12. The second-order valence-electron chi connectivity index (χ2n) is 5.58. The standard InChI is InChI=1S/C14H16ClN7O2/c15-9-1-6-12(16-7-9)19-14(24)13(23)18-10-2-4-11(5-3-10)22-8-17-20-21-22/h1,6-8,10-11H,2-5H2,(H,18,23)(H,16,19,24). The summed E-state index contributed by atoms with van der Waals surface area (Å²) >= 11 is 5.72. The zero-order valence-electron chi connectivity index (χ0n) is 12.7. The first-order chi connectivity index (χ1) is 11.6. The Morgan fingerprint density at radius 2 is 1.96 bits per heavy atom. The summed E-state index contributed by atoms with van der Waals surface area (Å²) < 4.78 is 1.73. The van der Waals surface area contributed by atoms with Crippen LogP contribution in [0.3, 0.4) is 0 Å². The van der Waals surface area contributed by atoms with Gasteiger partial charge in [0.2, 0.25) is 0 Å². The van der Waals surface area contributed by atoms with Gasteiger partial charge in [0.1, 0.15) is 12.1 Å². The molecule has 0 spiro atoms. The lowest BCUT2D eigenvalue weighted by molar-refractivity contribution is -0.136. The minimum absolute atomic E-state index is 0.0332. The van der Waals surface area contributed by atoms with E-state index < -0.39 is 11.8 Å². The second kappa shape index (κ2) is 7.35. The van der Waals surface area contributed by atoms with E-state index in [0.717, 1.165) is 25.7 Å². The zero-order chi connectivity index (χ0) is 16.9. The molecule has 0 bridgehead atoms. The number of carbonyl (C=O) groups is 2. The van der Waals surface area contributed by atoms with Crippen molar-refractivity contribution in [2.75, 3.05) is 5.32 Å². The molecule has 0 aliphatic heterocycles. The molecule has 0 aromatic carbocycles. The maximum atomic E-state index is 12.0. The van der Waals surface area contributed by atoms with Crippen LogP contribution in [0.5, 0.6) is 0 Å². The number of anilines is 1. The maximum absolute atomic E-state index is 12.0. The molecule has 2 aromatic rings. The molecule has 0 atom stereocenters. The molecule has 2 N–H and O–H groups in total. The predicted octanol–water partition coefficient (Wildman–Crippen LogP) is 0.960. The van der Waals surface area contributed by atoms with Gasteiger partial charge in [0, 0.05) is 12.2 Å². The number of carbonyl (C=O) groups excluding carboxylic acids is 2. The van der Waals surface area contributed by atoms with Gasteiger partial charge in [-0.1, -0.05) is 11.6 Å². The first-order valence-electron chi connectivity index (χ1n) is 7.57. The topological polar surface area (TPSA) is 115 Å². The van der Waals surface area contributed by atoms with Gasteiger partial charge >= 0.3 is 11.8 Å². The smallest absolute Gasteiger partial charge is 0.314 e. The fraction of sp³-hybridized carbons (Fsp3) is 0.429. The molecule has 1 aliphatic rings. The largest absolute Gasteiger partial charge is 0.345 e. The number of pyridine rings is 1. The van der Waals surface area contributed by atoms with Gasteiger partial charge in [-0.3, -0.25) is 9.59 Å². The van der Waals surface area contributed by atoms with Gasteiger partial charge in [-0.05, 0) is 48.2 Å². The second-order valence-corrected chi connectivity index (χ2v) is 6.02. The van der Waals surface area contributed by atoms with Crippen molar-refractivity contribution in [2.24, 2.45) is 0 Å². The molecule has 1 aliphatic carbocycles. The summed E-state index contributed by atoms with van der Waals surface area (Å²) in [6.45, 7) is 0. The van der Waals surface area contributed by atoms with Crippen molar-refractivity contribution in [3.05, 3.63) is 29.7 Å². The van der Waals surface area contributed by atoms with Crippen LogP contribution in [-0.4, -0.2) is 43.0 Å². The van der Waals surface area contributed by atoms with Gasteiger partial charge in [-0.25, -0.2) is 9.67 Å². The molecule has 2 amide bonds. The lowest BCUT2D eigenvalue weighted by Gasteiger charge is -2.28. The molecule has 0 saturated heterocycles. The highest BCUT2D eigenvalue weighted by Gasteiger charge is 2.26. The molecule has 1 saturated carbocycles. The van der Waals surface area contributed by atoms with Gasteiger partial charge in [-0.2, -0.15) is 0 Å². The number of rotatable bonds is 3. The Labute approximate surface area is 142 Å². The maximum Gasteiger partial charge on any atom is 0.314 e. The van der Waals surface area contributed by atoms with Crippen molar-refractivity contribution in [2.45, 2.75) is 37.8 Å². The van der Waals surface area contributed by atoms with Crippen LogP contribution in [0.2, 0.25) is 5.02 Å². The third-order valence-electron chi connectivity index (χ3n) is 3.95. The molecule has 2 aromatic heterocycles. The molecule has 126 valence electrons. The molecule has 9 nitrogen and oxygen atoms in total. The van der Waals surface area contributed by atoms with E-state index in [1.807, 2.05) is 0 Å². The fourth-order valence-electron chi connectivity index (χ4n) is 2.69. The zero-order valence-corrected chi connectivity index (χ0v) is 13.5. The lowest BCUT2D eigenvalue weighted by atomic mass is 9.91. The Morgan fingerprint density at radius 3 is 2.58 bits per heavy atom. The van der Waals surface area contributed by atoms with Crippen LogP contribution < -0.4 is 10.6 Å². The summed E-state index contributed by atoms with van der Waals surface area (Å²) in [7, 11) is 0. The van der Waals surface area contributed by atoms with E-state index in [1.165, 1.54) is 12.3 Å². The molecular weight excluding hydrogens is 334 g/mol. The highest BCUT2D eigenvalue weighted by Crippen LogP contribution is 2.27. The highest BCUT2D eigenvalue weighted by atomic mass is 35.5. The van der Waals surface area contributed by atoms with E-state index in [0.29, 0.717) is 5.02 Å². The van der Waals surface area contributed by atoms with E-state index in [9.17, 15) is 9.59 Å².